The van der Waals surface area contributed by atoms with Crippen LogP contribution in [0.1, 0.15) is 112 Å². The van der Waals surface area contributed by atoms with Crippen molar-refractivity contribution in [3.63, 3.8) is 0 Å². The van der Waals surface area contributed by atoms with Gasteiger partial charge in [0.05, 0.1) is 0 Å². The van der Waals surface area contributed by atoms with E-state index in [0.29, 0.717) is 16.9 Å². The van der Waals surface area contributed by atoms with Crippen LogP contribution in [-0.4, -0.2) is 6.04 Å². The standard InChI is InChI=1S/C27H49N/c1-18(2)7-6-8-19(3)23-11-12-24-22-10-9-20-17-21(28)13-15-26(20,4)25(22)14-16-27(23,24)5/h18-25H,6-17,28H2,1-5H3/t19-,20?,21-,22+,23+,24+,25+,26+,27-/m1/s1. The molecule has 28 heavy (non-hydrogen) atoms. The molecule has 0 amide bonds. The maximum atomic E-state index is 6.39. The van der Waals surface area contributed by atoms with Crippen molar-refractivity contribution in [2.75, 3.05) is 0 Å². The van der Waals surface area contributed by atoms with E-state index in [4.69, 9.17) is 5.73 Å². The zero-order valence-electron chi connectivity index (χ0n) is 19.7. The molecule has 4 aliphatic rings. The second-order valence-corrected chi connectivity index (χ2v) is 12.7. The Balaban J connectivity index is 1.46. The van der Waals surface area contributed by atoms with Crippen LogP contribution in [0.4, 0.5) is 0 Å². The summed E-state index contributed by atoms with van der Waals surface area (Å²) >= 11 is 0. The summed E-state index contributed by atoms with van der Waals surface area (Å²) in [6, 6.07) is 0.492. The highest BCUT2D eigenvalue weighted by Gasteiger charge is 2.60. The fraction of sp³-hybridized carbons (Fsp3) is 1.00. The van der Waals surface area contributed by atoms with Crippen molar-refractivity contribution in [3.8, 4) is 0 Å². The molecule has 4 rings (SSSR count). The van der Waals surface area contributed by atoms with E-state index < -0.39 is 0 Å². The van der Waals surface area contributed by atoms with Crippen LogP contribution in [0.25, 0.3) is 0 Å². The molecule has 1 unspecified atom stereocenters. The average Bonchev–Trinajstić information content (AvgIpc) is 2.99. The molecule has 0 heterocycles. The minimum absolute atomic E-state index is 0.492. The minimum atomic E-state index is 0.492. The molecule has 4 aliphatic carbocycles. The molecule has 0 aromatic rings. The smallest absolute Gasteiger partial charge is 0.00418 e. The van der Waals surface area contributed by atoms with Crippen molar-refractivity contribution in [2.24, 2.45) is 58.0 Å². The van der Waals surface area contributed by atoms with E-state index in [1.807, 2.05) is 0 Å². The van der Waals surface area contributed by atoms with E-state index >= 15 is 0 Å². The quantitative estimate of drug-likeness (QED) is 0.521. The molecule has 0 aliphatic heterocycles. The fourth-order valence-corrected chi connectivity index (χ4v) is 9.32. The Hall–Kier alpha value is -0.0400. The van der Waals surface area contributed by atoms with Crippen LogP contribution in [0.5, 0.6) is 0 Å². The second kappa shape index (κ2) is 7.90. The van der Waals surface area contributed by atoms with Crippen molar-refractivity contribution in [1.82, 2.24) is 0 Å². The number of nitrogens with two attached hydrogens (primary N) is 1. The maximum Gasteiger partial charge on any atom is 0.00418 e. The first kappa shape index (κ1) is 21.2. The predicted molar refractivity (Wildman–Crippen MR) is 121 cm³/mol. The lowest BCUT2D eigenvalue weighted by atomic mass is 9.44. The van der Waals surface area contributed by atoms with Gasteiger partial charge in [-0.1, -0.05) is 53.9 Å². The average molecular weight is 388 g/mol. The zero-order valence-corrected chi connectivity index (χ0v) is 19.7. The van der Waals surface area contributed by atoms with Gasteiger partial charge in [-0.3, -0.25) is 0 Å². The van der Waals surface area contributed by atoms with Gasteiger partial charge in [0.25, 0.3) is 0 Å². The van der Waals surface area contributed by atoms with E-state index in [0.717, 1.165) is 41.4 Å². The number of rotatable bonds is 5. The molecule has 0 saturated heterocycles. The van der Waals surface area contributed by atoms with Gasteiger partial charge in [-0.2, -0.15) is 0 Å². The van der Waals surface area contributed by atoms with Gasteiger partial charge >= 0.3 is 0 Å². The molecule has 0 bridgehead atoms. The summed E-state index contributed by atoms with van der Waals surface area (Å²) < 4.78 is 0. The maximum absolute atomic E-state index is 6.39. The predicted octanol–water partition coefficient (Wildman–Crippen LogP) is 7.44. The molecular formula is C27H49N. The van der Waals surface area contributed by atoms with Gasteiger partial charge in [0.15, 0.2) is 0 Å². The molecule has 9 atom stereocenters. The Morgan fingerprint density at radius 2 is 1.54 bits per heavy atom. The van der Waals surface area contributed by atoms with Crippen LogP contribution in [-0.2, 0) is 0 Å². The summed E-state index contributed by atoms with van der Waals surface area (Å²) in [5.41, 5.74) is 7.64. The fourth-order valence-electron chi connectivity index (χ4n) is 9.32. The third kappa shape index (κ3) is 3.50. The summed E-state index contributed by atoms with van der Waals surface area (Å²) in [6.45, 7) is 12.8. The van der Waals surface area contributed by atoms with Gasteiger partial charge in [-0.05, 0) is 110 Å². The van der Waals surface area contributed by atoms with Crippen LogP contribution >= 0.6 is 0 Å². The van der Waals surface area contributed by atoms with Crippen LogP contribution in [0.3, 0.4) is 0 Å². The van der Waals surface area contributed by atoms with E-state index in [1.54, 1.807) is 0 Å². The van der Waals surface area contributed by atoms with Crippen molar-refractivity contribution >= 4 is 0 Å². The van der Waals surface area contributed by atoms with Crippen molar-refractivity contribution < 1.29 is 0 Å². The number of hydrogen-bond acceptors (Lipinski definition) is 1. The normalized spacial score (nSPS) is 49.4. The third-order valence-corrected chi connectivity index (χ3v) is 10.9. The van der Waals surface area contributed by atoms with E-state index in [9.17, 15) is 0 Å². The van der Waals surface area contributed by atoms with Gasteiger partial charge < -0.3 is 5.73 Å². The molecule has 162 valence electrons. The molecular weight excluding hydrogens is 338 g/mol. The lowest BCUT2D eigenvalue weighted by Gasteiger charge is -2.61. The molecule has 2 N–H and O–H groups in total. The Bertz CT molecular complexity index is 540. The number of hydrogen-bond donors (Lipinski definition) is 1. The van der Waals surface area contributed by atoms with E-state index in [2.05, 4.69) is 34.6 Å². The van der Waals surface area contributed by atoms with Gasteiger partial charge in [-0.15, -0.1) is 0 Å². The first-order valence-electron chi connectivity index (χ1n) is 13.0. The molecule has 4 saturated carbocycles. The Kier molecular flexibility index (Phi) is 5.98. The van der Waals surface area contributed by atoms with Crippen LogP contribution in [0, 0.1) is 52.3 Å². The topological polar surface area (TPSA) is 26.0 Å². The lowest BCUT2D eigenvalue weighted by molar-refractivity contribution is -0.116. The summed E-state index contributed by atoms with van der Waals surface area (Å²) in [4.78, 5) is 0. The SMILES string of the molecule is CC(C)CCC[C@@H](C)[C@@H]1CC[C@H]2[C@@H]3CCC4C[C@H](N)CC[C@]4(C)[C@H]3CC[C@@]21C. The lowest BCUT2D eigenvalue weighted by Crippen LogP contribution is -2.54. The summed E-state index contributed by atoms with van der Waals surface area (Å²) in [5.74, 6) is 6.79. The molecule has 0 spiro atoms. The van der Waals surface area contributed by atoms with E-state index in [-0.39, 0.29) is 0 Å². The van der Waals surface area contributed by atoms with Crippen molar-refractivity contribution in [3.05, 3.63) is 0 Å². The third-order valence-electron chi connectivity index (χ3n) is 10.9. The highest BCUT2D eigenvalue weighted by molar-refractivity contribution is 5.09. The van der Waals surface area contributed by atoms with Crippen molar-refractivity contribution in [1.29, 1.82) is 0 Å². The highest BCUT2D eigenvalue weighted by Crippen LogP contribution is 2.68. The molecule has 0 aromatic carbocycles. The first-order chi connectivity index (χ1) is 13.3. The summed E-state index contributed by atoms with van der Waals surface area (Å²) in [6.07, 6.45) is 17.5. The van der Waals surface area contributed by atoms with Gasteiger partial charge in [0.2, 0.25) is 0 Å². The molecule has 4 fully saturated rings. The highest BCUT2D eigenvalue weighted by atomic mass is 14.7. The Morgan fingerprint density at radius 1 is 0.821 bits per heavy atom. The molecule has 0 aromatic heterocycles. The van der Waals surface area contributed by atoms with Crippen LogP contribution in [0.15, 0.2) is 0 Å². The van der Waals surface area contributed by atoms with E-state index in [1.165, 1.54) is 77.0 Å². The molecule has 1 nitrogen and oxygen atoms in total. The van der Waals surface area contributed by atoms with Crippen LogP contribution < -0.4 is 5.73 Å². The first-order valence-corrected chi connectivity index (χ1v) is 13.0. The monoisotopic (exact) mass is 387 g/mol. The summed E-state index contributed by atoms with van der Waals surface area (Å²) in [5, 5.41) is 0. The second-order valence-electron chi connectivity index (χ2n) is 12.7. The molecule has 0 radical (unpaired) electrons. The largest absolute Gasteiger partial charge is 0.328 e. The Morgan fingerprint density at radius 3 is 2.29 bits per heavy atom. The van der Waals surface area contributed by atoms with Crippen LogP contribution in [0.2, 0.25) is 0 Å². The zero-order chi connectivity index (χ0) is 20.1. The van der Waals surface area contributed by atoms with Gasteiger partial charge in [0.1, 0.15) is 0 Å². The molecule has 1 heteroatoms. The van der Waals surface area contributed by atoms with Crippen molar-refractivity contribution in [2.45, 2.75) is 118 Å². The van der Waals surface area contributed by atoms with Gasteiger partial charge in [-0.25, -0.2) is 0 Å². The number of fused-ring (bicyclic) bond motifs is 5. The minimum Gasteiger partial charge on any atom is -0.328 e. The van der Waals surface area contributed by atoms with Gasteiger partial charge in [0, 0.05) is 6.04 Å². The Labute approximate surface area is 176 Å². The summed E-state index contributed by atoms with van der Waals surface area (Å²) in [7, 11) is 0.